The van der Waals surface area contributed by atoms with Crippen LogP contribution in [-0.4, -0.2) is 65.4 Å². The third kappa shape index (κ3) is 3.68. The Morgan fingerprint density at radius 1 is 1.46 bits per heavy atom. The standard InChI is InChI=1S/C17H24N4O2S/c1-13-11-14(20(3)18-13)17(22)19(2)12-15(16-5-4-10-24-16)21-6-8-23-9-7-21/h4-5,10-11,15H,6-9,12H2,1-3H3. The fourth-order valence-electron chi connectivity index (χ4n) is 3.10. The van der Waals surface area contributed by atoms with E-state index in [1.807, 2.05) is 27.1 Å². The molecule has 0 bridgehead atoms. The zero-order valence-corrected chi connectivity index (χ0v) is 15.3. The highest BCUT2D eigenvalue weighted by Crippen LogP contribution is 2.27. The highest BCUT2D eigenvalue weighted by Gasteiger charge is 2.27. The Balaban J connectivity index is 1.76. The van der Waals surface area contributed by atoms with Gasteiger partial charge in [0.2, 0.25) is 0 Å². The van der Waals surface area contributed by atoms with Crippen LogP contribution in [0, 0.1) is 6.92 Å². The summed E-state index contributed by atoms with van der Waals surface area (Å²) in [6.07, 6.45) is 0. The second-order valence-corrected chi connectivity index (χ2v) is 7.14. The minimum absolute atomic E-state index is 0.00733. The number of rotatable bonds is 5. The molecule has 0 N–H and O–H groups in total. The van der Waals surface area contributed by atoms with Crippen LogP contribution in [0.4, 0.5) is 0 Å². The molecule has 2 aromatic rings. The number of amides is 1. The van der Waals surface area contributed by atoms with Crippen LogP contribution in [0.5, 0.6) is 0 Å². The highest BCUT2D eigenvalue weighted by molar-refractivity contribution is 7.10. The molecule has 0 aromatic carbocycles. The van der Waals surface area contributed by atoms with Gasteiger partial charge in [-0.05, 0) is 24.4 Å². The number of ether oxygens (including phenoxy) is 1. The maximum Gasteiger partial charge on any atom is 0.271 e. The molecule has 3 rings (SSSR count). The second kappa shape index (κ2) is 7.46. The average molecular weight is 348 g/mol. The molecule has 0 spiro atoms. The summed E-state index contributed by atoms with van der Waals surface area (Å²) in [4.78, 5) is 18.3. The number of carbonyl (C=O) groups excluding carboxylic acids is 1. The smallest absolute Gasteiger partial charge is 0.271 e. The first kappa shape index (κ1) is 17.1. The lowest BCUT2D eigenvalue weighted by atomic mass is 10.1. The SMILES string of the molecule is Cc1cc(C(=O)N(C)CC(c2cccs2)N2CCOCC2)n(C)n1. The molecule has 130 valence electrons. The summed E-state index contributed by atoms with van der Waals surface area (Å²) < 4.78 is 7.13. The Morgan fingerprint density at radius 2 is 2.21 bits per heavy atom. The zero-order chi connectivity index (χ0) is 17.1. The van der Waals surface area contributed by atoms with E-state index in [0.29, 0.717) is 12.2 Å². The zero-order valence-electron chi connectivity index (χ0n) is 14.4. The van der Waals surface area contributed by atoms with Crippen molar-refractivity contribution in [2.45, 2.75) is 13.0 Å². The van der Waals surface area contributed by atoms with Gasteiger partial charge in [0.15, 0.2) is 0 Å². The largest absolute Gasteiger partial charge is 0.379 e. The molecule has 0 radical (unpaired) electrons. The predicted molar refractivity (Wildman–Crippen MR) is 94.4 cm³/mol. The molecule has 0 aliphatic carbocycles. The summed E-state index contributed by atoms with van der Waals surface area (Å²) in [5, 5.41) is 6.37. The third-order valence-electron chi connectivity index (χ3n) is 4.37. The van der Waals surface area contributed by atoms with Crippen molar-refractivity contribution in [1.82, 2.24) is 19.6 Å². The van der Waals surface area contributed by atoms with E-state index >= 15 is 0 Å². The molecule has 6 nitrogen and oxygen atoms in total. The van der Waals surface area contributed by atoms with Crippen LogP contribution in [0.25, 0.3) is 0 Å². The molecule has 1 atom stereocenters. The van der Waals surface area contributed by atoms with Gasteiger partial charge in [-0.1, -0.05) is 6.07 Å². The molecule has 1 saturated heterocycles. The Morgan fingerprint density at radius 3 is 2.79 bits per heavy atom. The minimum Gasteiger partial charge on any atom is -0.379 e. The van der Waals surface area contributed by atoms with Gasteiger partial charge in [-0.15, -0.1) is 11.3 Å². The first-order chi connectivity index (χ1) is 11.6. The lowest BCUT2D eigenvalue weighted by Gasteiger charge is -2.36. The molecule has 24 heavy (non-hydrogen) atoms. The summed E-state index contributed by atoms with van der Waals surface area (Å²) in [5.74, 6) is 0.00733. The number of morpholine rings is 1. The lowest BCUT2D eigenvalue weighted by Crippen LogP contribution is -2.44. The van der Waals surface area contributed by atoms with Gasteiger partial charge >= 0.3 is 0 Å². The highest BCUT2D eigenvalue weighted by atomic mass is 32.1. The fraction of sp³-hybridized carbons (Fsp3) is 0.529. The molecular weight excluding hydrogens is 324 g/mol. The van der Waals surface area contributed by atoms with Gasteiger partial charge in [0.25, 0.3) is 5.91 Å². The molecule has 2 aromatic heterocycles. The molecule has 1 fully saturated rings. The number of thiophene rings is 1. The predicted octanol–water partition coefficient (Wildman–Crippen LogP) is 1.94. The number of likely N-dealkylation sites (N-methyl/N-ethyl adjacent to an activating group) is 1. The Hall–Kier alpha value is -1.70. The molecule has 3 heterocycles. The summed E-state index contributed by atoms with van der Waals surface area (Å²) in [5.41, 5.74) is 1.49. The van der Waals surface area contributed by atoms with Gasteiger partial charge in [0.1, 0.15) is 5.69 Å². The summed E-state index contributed by atoms with van der Waals surface area (Å²) in [6, 6.07) is 6.27. The van der Waals surface area contributed by atoms with Crippen LogP contribution in [0.1, 0.15) is 27.1 Å². The van der Waals surface area contributed by atoms with Crippen LogP contribution in [0.3, 0.4) is 0 Å². The van der Waals surface area contributed by atoms with Crippen LogP contribution >= 0.6 is 11.3 Å². The minimum atomic E-state index is 0.00733. The molecular formula is C17H24N4O2S. The van der Waals surface area contributed by atoms with Gasteiger partial charge in [0.05, 0.1) is 24.9 Å². The monoisotopic (exact) mass is 348 g/mol. The number of aryl methyl sites for hydroxylation is 2. The van der Waals surface area contributed by atoms with Crippen LogP contribution in [0.15, 0.2) is 23.6 Å². The van der Waals surface area contributed by atoms with Crippen molar-refractivity contribution < 1.29 is 9.53 Å². The Labute approximate surface area is 146 Å². The molecule has 7 heteroatoms. The number of nitrogens with zero attached hydrogens (tertiary/aromatic N) is 4. The van der Waals surface area contributed by atoms with Crippen LogP contribution in [0.2, 0.25) is 0 Å². The van der Waals surface area contributed by atoms with E-state index < -0.39 is 0 Å². The van der Waals surface area contributed by atoms with Gasteiger partial charge < -0.3 is 9.64 Å². The van der Waals surface area contributed by atoms with Crippen LogP contribution < -0.4 is 0 Å². The van der Waals surface area contributed by atoms with Crippen molar-refractivity contribution in [2.24, 2.45) is 7.05 Å². The lowest BCUT2D eigenvalue weighted by molar-refractivity contribution is 0.0103. The molecule has 1 unspecified atom stereocenters. The second-order valence-electron chi connectivity index (χ2n) is 6.16. The summed E-state index contributed by atoms with van der Waals surface area (Å²) in [7, 11) is 3.68. The topological polar surface area (TPSA) is 50.6 Å². The van der Waals surface area contributed by atoms with E-state index in [-0.39, 0.29) is 11.9 Å². The molecule has 0 saturated carbocycles. The van der Waals surface area contributed by atoms with Crippen molar-refractivity contribution in [3.8, 4) is 0 Å². The van der Waals surface area contributed by atoms with Gasteiger partial charge in [-0.3, -0.25) is 14.4 Å². The van der Waals surface area contributed by atoms with Crippen molar-refractivity contribution >= 4 is 17.2 Å². The average Bonchev–Trinajstić information content (AvgIpc) is 3.22. The van der Waals surface area contributed by atoms with E-state index in [0.717, 1.165) is 32.0 Å². The molecule has 1 aliphatic rings. The van der Waals surface area contributed by atoms with Crippen molar-refractivity contribution in [2.75, 3.05) is 39.9 Å². The van der Waals surface area contributed by atoms with Crippen LogP contribution in [-0.2, 0) is 11.8 Å². The first-order valence-corrected chi connectivity index (χ1v) is 9.05. The van der Waals surface area contributed by atoms with E-state index in [4.69, 9.17) is 4.74 Å². The fourth-order valence-corrected chi connectivity index (χ4v) is 3.96. The maximum absolute atomic E-state index is 12.8. The number of aromatic nitrogens is 2. The summed E-state index contributed by atoms with van der Waals surface area (Å²) >= 11 is 1.74. The van der Waals surface area contributed by atoms with E-state index in [9.17, 15) is 4.79 Å². The van der Waals surface area contributed by atoms with Crippen molar-refractivity contribution in [3.05, 3.63) is 39.8 Å². The normalized spacial score (nSPS) is 17.0. The molecule has 1 amide bonds. The van der Waals surface area contributed by atoms with Gasteiger partial charge in [-0.25, -0.2) is 0 Å². The number of hydrogen-bond acceptors (Lipinski definition) is 5. The van der Waals surface area contributed by atoms with Gasteiger partial charge in [0, 0.05) is 38.6 Å². The Kier molecular flexibility index (Phi) is 5.33. The third-order valence-corrected chi connectivity index (χ3v) is 5.35. The number of hydrogen-bond donors (Lipinski definition) is 0. The first-order valence-electron chi connectivity index (χ1n) is 8.17. The molecule has 1 aliphatic heterocycles. The van der Waals surface area contributed by atoms with E-state index in [1.165, 1.54) is 4.88 Å². The quantitative estimate of drug-likeness (QED) is 0.829. The van der Waals surface area contributed by atoms with Gasteiger partial charge in [-0.2, -0.15) is 5.10 Å². The van der Waals surface area contributed by atoms with Crippen molar-refractivity contribution in [3.63, 3.8) is 0 Å². The number of carbonyl (C=O) groups is 1. The van der Waals surface area contributed by atoms with E-state index in [2.05, 4.69) is 27.5 Å². The van der Waals surface area contributed by atoms with Crippen molar-refractivity contribution in [1.29, 1.82) is 0 Å². The maximum atomic E-state index is 12.8. The van der Waals surface area contributed by atoms with E-state index in [1.54, 1.807) is 20.9 Å². The summed E-state index contributed by atoms with van der Waals surface area (Å²) in [6.45, 7) is 5.86. The Bertz CT molecular complexity index is 677.